The van der Waals surface area contributed by atoms with Gasteiger partial charge >= 0.3 is 0 Å². The minimum atomic E-state index is -2.38. The van der Waals surface area contributed by atoms with Crippen LogP contribution in [0.1, 0.15) is 118 Å². The molecule has 8 aliphatic heterocycles. The van der Waals surface area contributed by atoms with Crippen LogP contribution in [-0.4, -0.2) is 219 Å². The van der Waals surface area contributed by atoms with E-state index >= 15 is 0 Å². The molecule has 8 aliphatic rings. The summed E-state index contributed by atoms with van der Waals surface area (Å²) in [5, 5.41) is 0. The summed E-state index contributed by atoms with van der Waals surface area (Å²) >= 11 is 0. The van der Waals surface area contributed by atoms with Crippen molar-refractivity contribution in [1.82, 2.24) is 39.2 Å². The predicted octanol–water partition coefficient (Wildman–Crippen LogP) is 7.87. The highest BCUT2D eigenvalue weighted by molar-refractivity contribution is 4.77. The zero-order valence-electron chi connectivity index (χ0n) is 41.5. The lowest BCUT2D eigenvalue weighted by Crippen LogP contribution is -2.36. The van der Waals surface area contributed by atoms with Gasteiger partial charge in [0.15, 0.2) is 0 Å². The first kappa shape index (κ1) is 56.5. The Hall–Kier alpha value is -0.500. The lowest BCUT2D eigenvalue weighted by atomic mass is 9.83. The molecule has 8 saturated heterocycles. The molecule has 0 radical (unpaired) electrons. The third-order valence-electron chi connectivity index (χ3n) is 13.3. The van der Waals surface area contributed by atoms with Crippen molar-refractivity contribution in [3.63, 3.8) is 0 Å². The highest BCUT2D eigenvalue weighted by Gasteiger charge is 2.32. The highest BCUT2D eigenvalue weighted by Crippen LogP contribution is 2.29. The fourth-order valence-electron chi connectivity index (χ4n) is 7.50. The lowest BCUT2D eigenvalue weighted by molar-refractivity contribution is -0.0504. The van der Waals surface area contributed by atoms with E-state index in [-0.39, 0.29) is 12.8 Å². The number of likely N-dealkylation sites (tertiary alicyclic amines) is 7. The molecule has 0 aliphatic carbocycles. The van der Waals surface area contributed by atoms with E-state index in [1.54, 1.807) is 0 Å². The molecule has 0 aromatic rings. The number of hydrogen-bond acceptors (Lipinski definition) is 9. The molecular formula is C48H102F2N8O. The van der Waals surface area contributed by atoms with E-state index in [2.05, 4.69) is 111 Å². The summed E-state index contributed by atoms with van der Waals surface area (Å²) in [4.78, 5) is 18.5. The molecule has 0 N–H and O–H groups in total. The predicted molar refractivity (Wildman–Crippen MR) is 252 cm³/mol. The maximum absolute atomic E-state index is 12.4. The van der Waals surface area contributed by atoms with E-state index in [1.165, 1.54) is 156 Å². The second-order valence-corrected chi connectivity index (χ2v) is 20.5. The molecule has 0 aromatic carbocycles. The number of hydrogen-bond donors (Lipinski definition) is 0. The van der Waals surface area contributed by atoms with Crippen LogP contribution in [0.4, 0.5) is 8.78 Å². The molecule has 354 valence electrons. The molecule has 0 aromatic heterocycles. The first-order chi connectivity index (χ1) is 27.9. The lowest BCUT2D eigenvalue weighted by Gasteiger charge is -2.34. The molecule has 0 atom stereocenters. The summed E-state index contributed by atoms with van der Waals surface area (Å²) in [7, 11) is 17.1. The Morgan fingerprint density at radius 1 is 0.356 bits per heavy atom. The van der Waals surface area contributed by atoms with E-state index in [4.69, 9.17) is 4.74 Å². The summed E-state index contributed by atoms with van der Waals surface area (Å²) in [6.07, 6.45) is 16.9. The van der Waals surface area contributed by atoms with Gasteiger partial charge in [-0.25, -0.2) is 8.78 Å². The molecule has 8 rings (SSSR count). The SMILES string of the molecule is CC1CCN(C)CC1.CC1CCN(C)CC1.CN1CCC(C)(C)CC1.CN1CCC(F)(F)CC1.CN1CCC1.CN1CCCC1.CN1CCCCC1.CN1CCOCC1. The van der Waals surface area contributed by atoms with Crippen molar-refractivity contribution >= 4 is 0 Å². The molecule has 59 heavy (non-hydrogen) atoms. The minimum absolute atomic E-state index is 0.0312. The number of alkyl halides is 2. The van der Waals surface area contributed by atoms with Gasteiger partial charge in [0.05, 0.1) is 13.2 Å². The van der Waals surface area contributed by atoms with Gasteiger partial charge in [0, 0.05) is 39.0 Å². The van der Waals surface area contributed by atoms with E-state index in [1.807, 2.05) is 11.9 Å². The van der Waals surface area contributed by atoms with Gasteiger partial charge in [-0.05, 0) is 223 Å². The number of likely N-dealkylation sites (N-methyl/N-ethyl adjacent to an activating group) is 1. The third-order valence-corrected chi connectivity index (χ3v) is 13.3. The summed E-state index contributed by atoms with van der Waals surface area (Å²) in [5.74, 6) is -0.427. The Morgan fingerprint density at radius 3 is 0.831 bits per heavy atom. The summed E-state index contributed by atoms with van der Waals surface area (Å²) in [6, 6.07) is 0. The maximum atomic E-state index is 12.4. The van der Waals surface area contributed by atoms with Crippen LogP contribution in [0.15, 0.2) is 0 Å². The van der Waals surface area contributed by atoms with Crippen molar-refractivity contribution in [2.24, 2.45) is 17.3 Å². The van der Waals surface area contributed by atoms with Gasteiger partial charge in [-0.3, -0.25) is 0 Å². The average Bonchev–Trinajstić information content (AvgIpc) is 3.69. The monoisotopic (exact) mass is 845 g/mol. The fraction of sp³-hybridized carbons (Fsp3) is 1.00. The van der Waals surface area contributed by atoms with Crippen molar-refractivity contribution in [2.45, 2.75) is 124 Å². The van der Waals surface area contributed by atoms with Crippen LogP contribution in [0, 0.1) is 17.3 Å². The number of rotatable bonds is 0. The third kappa shape index (κ3) is 33.7. The summed E-state index contributed by atoms with van der Waals surface area (Å²) < 4.78 is 29.8. The zero-order valence-corrected chi connectivity index (χ0v) is 41.5. The van der Waals surface area contributed by atoms with E-state index < -0.39 is 5.92 Å². The molecule has 9 nitrogen and oxygen atoms in total. The Kier molecular flexibility index (Phi) is 31.7. The second kappa shape index (κ2) is 33.1. The Balaban J connectivity index is 0.000000339. The Morgan fingerprint density at radius 2 is 0.627 bits per heavy atom. The molecule has 8 fully saturated rings. The van der Waals surface area contributed by atoms with E-state index in [0.717, 1.165) is 38.1 Å². The van der Waals surface area contributed by atoms with Gasteiger partial charge in [-0.2, -0.15) is 0 Å². The quantitative estimate of drug-likeness (QED) is 0.242. The van der Waals surface area contributed by atoms with Crippen LogP contribution in [0.25, 0.3) is 0 Å². The normalized spacial score (nSPS) is 26.5. The second-order valence-electron chi connectivity index (χ2n) is 20.5. The van der Waals surface area contributed by atoms with Gasteiger partial charge in [-0.1, -0.05) is 34.1 Å². The van der Waals surface area contributed by atoms with Crippen LogP contribution >= 0.6 is 0 Å². The smallest absolute Gasteiger partial charge is 0.250 e. The standard InChI is InChI=1S/C8H17N.2C7H15N.C6H11F2N.C6H13N.C5H11NO.C5H11N.C4H9N/c1-8(2)4-6-9(3)7-5-8;2*1-7-3-5-8(2)6-4-7;1-9-4-2-6(7,8)3-5-9;1-7-5-3-2-4-6-7;1-6-2-4-7-5-3-6;1-6-4-2-3-5-6;1-5-3-2-4-5/h4-7H2,1-3H3;2*7H,3-6H2,1-2H3;2-5H2,1H3;2-6H2,1H3;2-5H2,1H3;2-5H2,1H3;2-4H2,1H3. The van der Waals surface area contributed by atoms with Crippen molar-refractivity contribution < 1.29 is 13.5 Å². The van der Waals surface area contributed by atoms with Gasteiger partial charge in [0.2, 0.25) is 0 Å². The molecule has 0 bridgehead atoms. The molecule has 0 amide bonds. The Bertz CT molecular complexity index is 839. The number of morpholine rings is 1. The van der Waals surface area contributed by atoms with Gasteiger partial charge < -0.3 is 43.9 Å². The average molecular weight is 845 g/mol. The van der Waals surface area contributed by atoms with Crippen molar-refractivity contribution in [2.75, 3.05) is 174 Å². The summed E-state index contributed by atoms with van der Waals surface area (Å²) in [5.41, 5.74) is 0.618. The van der Waals surface area contributed by atoms with Crippen LogP contribution < -0.4 is 0 Å². The van der Waals surface area contributed by atoms with Crippen LogP contribution in [-0.2, 0) is 4.74 Å². The molecular weight excluding hydrogens is 743 g/mol. The maximum Gasteiger partial charge on any atom is 0.250 e. The number of piperidine rings is 5. The van der Waals surface area contributed by atoms with Crippen molar-refractivity contribution in [3.8, 4) is 0 Å². The fourth-order valence-corrected chi connectivity index (χ4v) is 7.50. The number of halogens is 2. The van der Waals surface area contributed by atoms with Gasteiger partial charge in [0.25, 0.3) is 5.92 Å². The first-order valence-corrected chi connectivity index (χ1v) is 24.3. The number of nitrogens with zero attached hydrogens (tertiary/aromatic N) is 8. The molecule has 0 spiro atoms. The highest BCUT2D eigenvalue weighted by atomic mass is 19.3. The van der Waals surface area contributed by atoms with E-state index in [9.17, 15) is 8.78 Å². The topological polar surface area (TPSA) is 35.2 Å². The van der Waals surface area contributed by atoms with E-state index in [0.29, 0.717) is 18.5 Å². The molecule has 0 unspecified atom stereocenters. The summed E-state index contributed by atoms with van der Waals surface area (Å²) in [6.45, 7) is 30.2. The van der Waals surface area contributed by atoms with Crippen molar-refractivity contribution in [3.05, 3.63) is 0 Å². The molecule has 0 saturated carbocycles. The molecule has 11 heteroatoms. The molecule has 8 heterocycles. The largest absolute Gasteiger partial charge is 0.379 e. The Labute approximate surface area is 366 Å². The van der Waals surface area contributed by atoms with Crippen LogP contribution in [0.3, 0.4) is 0 Å². The minimum Gasteiger partial charge on any atom is -0.379 e. The zero-order chi connectivity index (χ0) is 44.1. The van der Waals surface area contributed by atoms with Crippen LogP contribution in [0.5, 0.6) is 0 Å². The van der Waals surface area contributed by atoms with Gasteiger partial charge in [0.1, 0.15) is 0 Å². The van der Waals surface area contributed by atoms with Gasteiger partial charge in [-0.15, -0.1) is 0 Å². The van der Waals surface area contributed by atoms with Crippen LogP contribution in [0.2, 0.25) is 0 Å². The first-order valence-electron chi connectivity index (χ1n) is 24.3. The van der Waals surface area contributed by atoms with Crippen molar-refractivity contribution in [1.29, 1.82) is 0 Å². The number of ether oxygens (including phenoxy) is 1.